The highest BCUT2D eigenvalue weighted by atomic mass is 16.3. The van der Waals surface area contributed by atoms with E-state index in [1.54, 1.807) is 0 Å². The number of fused-ring (bicyclic) bond motifs is 1. The molecule has 0 unspecified atom stereocenters. The van der Waals surface area contributed by atoms with Gasteiger partial charge in [-0.05, 0) is 25.0 Å². The number of aliphatic hydroxyl groups excluding tert-OH is 1. The first kappa shape index (κ1) is 12.6. The lowest BCUT2D eigenvalue weighted by Crippen LogP contribution is -2.41. The van der Waals surface area contributed by atoms with E-state index in [0.29, 0.717) is 6.54 Å². The molecular formula is C15H21N3O. The Hall–Kier alpha value is -1.39. The average molecular weight is 259 g/mol. The molecule has 1 fully saturated rings. The van der Waals surface area contributed by atoms with E-state index >= 15 is 0 Å². The second kappa shape index (κ2) is 5.31. The van der Waals surface area contributed by atoms with Crippen LogP contribution < -0.4 is 5.32 Å². The van der Waals surface area contributed by atoms with Gasteiger partial charge in [0.05, 0.1) is 23.7 Å². The van der Waals surface area contributed by atoms with Crippen LogP contribution in [-0.2, 0) is 13.6 Å². The Balaban J connectivity index is 1.73. The Morgan fingerprint density at radius 3 is 2.89 bits per heavy atom. The number of hydrogen-bond acceptors (Lipinski definition) is 3. The smallest absolute Gasteiger partial charge is 0.123 e. The first-order chi connectivity index (χ1) is 9.25. The summed E-state index contributed by atoms with van der Waals surface area (Å²) in [6, 6.07) is 8.38. The Bertz CT molecular complexity index is 564. The summed E-state index contributed by atoms with van der Waals surface area (Å²) in [7, 11) is 2.05. The topological polar surface area (TPSA) is 50.1 Å². The molecule has 1 aliphatic rings. The molecule has 1 aliphatic carbocycles. The van der Waals surface area contributed by atoms with Crippen LogP contribution in [0.4, 0.5) is 0 Å². The number of aryl methyl sites for hydroxylation is 1. The lowest BCUT2D eigenvalue weighted by molar-refractivity contribution is 0.0898. The van der Waals surface area contributed by atoms with Crippen molar-refractivity contribution < 1.29 is 5.11 Å². The van der Waals surface area contributed by atoms with Gasteiger partial charge in [0.15, 0.2) is 0 Å². The molecule has 0 radical (unpaired) electrons. The average Bonchev–Trinajstić information content (AvgIpc) is 2.75. The zero-order chi connectivity index (χ0) is 13.2. The molecule has 0 spiro atoms. The molecule has 0 aliphatic heterocycles. The minimum atomic E-state index is -0.205. The number of para-hydroxylation sites is 2. The molecule has 19 heavy (non-hydrogen) atoms. The number of benzene rings is 1. The SMILES string of the molecule is Cn1c(CN[C@@H]2CCCC[C@H]2O)nc2ccccc21. The number of rotatable bonds is 3. The van der Waals surface area contributed by atoms with Crippen molar-refractivity contribution in [3.8, 4) is 0 Å². The van der Waals surface area contributed by atoms with E-state index in [1.807, 2.05) is 25.2 Å². The van der Waals surface area contributed by atoms with Gasteiger partial charge in [-0.1, -0.05) is 25.0 Å². The summed E-state index contributed by atoms with van der Waals surface area (Å²) in [4.78, 5) is 4.64. The fourth-order valence-electron chi connectivity index (χ4n) is 2.93. The van der Waals surface area contributed by atoms with Crippen molar-refractivity contribution in [1.29, 1.82) is 0 Å². The first-order valence-electron chi connectivity index (χ1n) is 7.07. The summed E-state index contributed by atoms with van der Waals surface area (Å²) in [5.74, 6) is 1.03. The summed E-state index contributed by atoms with van der Waals surface area (Å²) < 4.78 is 2.12. The molecule has 2 N–H and O–H groups in total. The van der Waals surface area contributed by atoms with Gasteiger partial charge in [0.2, 0.25) is 0 Å². The van der Waals surface area contributed by atoms with Gasteiger partial charge in [0.1, 0.15) is 5.82 Å². The second-order valence-corrected chi connectivity index (χ2v) is 5.41. The van der Waals surface area contributed by atoms with Gasteiger partial charge in [-0.25, -0.2) is 4.98 Å². The standard InChI is InChI=1S/C15H21N3O/c1-18-13-8-4-2-6-11(13)17-15(18)10-16-12-7-3-5-9-14(12)19/h2,4,6,8,12,14,16,19H,3,5,7,9-10H2,1H3/t12-,14-/m1/s1. The summed E-state index contributed by atoms with van der Waals surface area (Å²) >= 11 is 0. The van der Waals surface area contributed by atoms with Crippen molar-refractivity contribution in [3.05, 3.63) is 30.1 Å². The fraction of sp³-hybridized carbons (Fsp3) is 0.533. The van der Waals surface area contributed by atoms with Crippen LogP contribution in [-0.4, -0.2) is 26.8 Å². The largest absolute Gasteiger partial charge is 0.392 e. The Labute approximate surface area is 113 Å². The Morgan fingerprint density at radius 2 is 2.11 bits per heavy atom. The maximum absolute atomic E-state index is 9.97. The van der Waals surface area contributed by atoms with Crippen LogP contribution in [0.5, 0.6) is 0 Å². The number of nitrogens with one attached hydrogen (secondary N) is 1. The molecule has 1 heterocycles. The van der Waals surface area contributed by atoms with E-state index < -0.39 is 0 Å². The van der Waals surface area contributed by atoms with Crippen molar-refractivity contribution in [1.82, 2.24) is 14.9 Å². The molecule has 2 aromatic rings. The monoisotopic (exact) mass is 259 g/mol. The quantitative estimate of drug-likeness (QED) is 0.886. The number of aliphatic hydroxyl groups is 1. The van der Waals surface area contributed by atoms with Crippen molar-refractivity contribution in [2.24, 2.45) is 7.05 Å². The fourth-order valence-corrected chi connectivity index (χ4v) is 2.93. The Kier molecular flexibility index (Phi) is 3.53. The molecule has 1 saturated carbocycles. The number of aromatic nitrogens is 2. The molecule has 0 bridgehead atoms. The molecule has 1 aromatic heterocycles. The van der Waals surface area contributed by atoms with E-state index in [9.17, 15) is 5.11 Å². The third kappa shape index (κ3) is 2.51. The normalized spacial score (nSPS) is 23.9. The maximum Gasteiger partial charge on any atom is 0.123 e. The van der Waals surface area contributed by atoms with Crippen LogP contribution >= 0.6 is 0 Å². The summed E-state index contributed by atoms with van der Waals surface area (Å²) in [5.41, 5.74) is 2.19. The van der Waals surface area contributed by atoms with Crippen molar-refractivity contribution in [2.75, 3.05) is 0 Å². The zero-order valence-corrected chi connectivity index (χ0v) is 11.3. The molecule has 1 aromatic carbocycles. The highest BCUT2D eigenvalue weighted by Gasteiger charge is 2.22. The highest BCUT2D eigenvalue weighted by molar-refractivity contribution is 5.75. The predicted molar refractivity (Wildman–Crippen MR) is 75.8 cm³/mol. The van der Waals surface area contributed by atoms with Crippen LogP contribution in [0.2, 0.25) is 0 Å². The van der Waals surface area contributed by atoms with Gasteiger partial charge in [0.25, 0.3) is 0 Å². The third-order valence-corrected chi connectivity index (χ3v) is 4.13. The summed E-state index contributed by atoms with van der Waals surface area (Å²) in [6.07, 6.45) is 4.12. The molecule has 0 saturated heterocycles. The van der Waals surface area contributed by atoms with Gasteiger partial charge in [-0.2, -0.15) is 0 Å². The van der Waals surface area contributed by atoms with Gasteiger partial charge in [-0.15, -0.1) is 0 Å². The van der Waals surface area contributed by atoms with E-state index in [1.165, 1.54) is 6.42 Å². The maximum atomic E-state index is 9.97. The van der Waals surface area contributed by atoms with Gasteiger partial charge in [0, 0.05) is 13.1 Å². The minimum Gasteiger partial charge on any atom is -0.392 e. The van der Waals surface area contributed by atoms with Crippen LogP contribution in [0.15, 0.2) is 24.3 Å². The first-order valence-corrected chi connectivity index (χ1v) is 7.07. The molecular weight excluding hydrogens is 238 g/mol. The number of hydrogen-bond donors (Lipinski definition) is 2. The molecule has 4 heteroatoms. The van der Waals surface area contributed by atoms with Crippen LogP contribution in [0, 0.1) is 0 Å². The lowest BCUT2D eigenvalue weighted by Gasteiger charge is -2.28. The van der Waals surface area contributed by atoms with E-state index in [0.717, 1.165) is 36.1 Å². The van der Waals surface area contributed by atoms with Crippen molar-refractivity contribution in [3.63, 3.8) is 0 Å². The van der Waals surface area contributed by atoms with Gasteiger partial charge < -0.3 is 15.0 Å². The zero-order valence-electron chi connectivity index (χ0n) is 11.3. The van der Waals surface area contributed by atoms with E-state index in [2.05, 4.69) is 20.9 Å². The van der Waals surface area contributed by atoms with Crippen LogP contribution in [0.1, 0.15) is 31.5 Å². The van der Waals surface area contributed by atoms with Crippen LogP contribution in [0.25, 0.3) is 11.0 Å². The molecule has 3 rings (SSSR count). The molecule has 102 valence electrons. The van der Waals surface area contributed by atoms with Gasteiger partial charge >= 0.3 is 0 Å². The Morgan fingerprint density at radius 1 is 1.32 bits per heavy atom. The third-order valence-electron chi connectivity index (χ3n) is 4.13. The van der Waals surface area contributed by atoms with Crippen LogP contribution in [0.3, 0.4) is 0 Å². The minimum absolute atomic E-state index is 0.205. The number of imidazole rings is 1. The molecule has 0 amide bonds. The summed E-state index contributed by atoms with van der Waals surface area (Å²) in [6.45, 7) is 0.715. The summed E-state index contributed by atoms with van der Waals surface area (Å²) in [5, 5.41) is 13.4. The van der Waals surface area contributed by atoms with E-state index in [4.69, 9.17) is 0 Å². The number of nitrogens with zero attached hydrogens (tertiary/aromatic N) is 2. The molecule has 4 nitrogen and oxygen atoms in total. The van der Waals surface area contributed by atoms with E-state index in [-0.39, 0.29) is 12.1 Å². The molecule has 2 atom stereocenters. The second-order valence-electron chi connectivity index (χ2n) is 5.41. The van der Waals surface area contributed by atoms with Crippen molar-refractivity contribution >= 4 is 11.0 Å². The highest BCUT2D eigenvalue weighted by Crippen LogP contribution is 2.19. The van der Waals surface area contributed by atoms with Gasteiger partial charge in [-0.3, -0.25) is 0 Å². The lowest BCUT2D eigenvalue weighted by atomic mass is 9.93. The van der Waals surface area contributed by atoms with Crippen molar-refractivity contribution in [2.45, 2.75) is 44.4 Å². The predicted octanol–water partition coefficient (Wildman–Crippen LogP) is 1.97.